The predicted octanol–water partition coefficient (Wildman–Crippen LogP) is 5.87. The summed E-state index contributed by atoms with van der Waals surface area (Å²) in [4.78, 5) is 11.2. The van der Waals surface area contributed by atoms with Crippen LogP contribution in [0.3, 0.4) is 0 Å². The van der Waals surface area contributed by atoms with Gasteiger partial charge in [0.05, 0.1) is 6.61 Å². The minimum absolute atomic E-state index is 0.275. The van der Waals surface area contributed by atoms with Crippen molar-refractivity contribution in [3.05, 3.63) is 11.6 Å². The zero-order valence-electron chi connectivity index (χ0n) is 14.3. The summed E-state index contributed by atoms with van der Waals surface area (Å²) >= 11 is 0. The molecule has 0 aromatic heterocycles. The van der Waals surface area contributed by atoms with E-state index in [0.29, 0.717) is 0 Å². The number of allylic oxidation sites excluding steroid dienone is 1. The van der Waals surface area contributed by atoms with E-state index in [4.69, 9.17) is 0 Å². The molecule has 0 aliphatic heterocycles. The molecule has 0 saturated heterocycles. The van der Waals surface area contributed by atoms with Gasteiger partial charge in [0.1, 0.15) is 5.57 Å². The number of ether oxygens (including phenoxy) is 1. The third kappa shape index (κ3) is 3.67. The molecule has 0 spiro atoms. The zero-order valence-corrected chi connectivity index (χ0v) is 14.3. The number of alkyl halides is 15. The smallest absolute Gasteiger partial charge is 0.438 e. The third-order valence-electron chi connectivity index (χ3n) is 3.52. The van der Waals surface area contributed by atoms with Gasteiger partial charge in [-0.2, -0.15) is 61.5 Å². The van der Waals surface area contributed by atoms with E-state index in [1.54, 1.807) is 0 Å². The highest BCUT2D eigenvalue weighted by molar-refractivity contribution is 5.90. The second-order valence-electron chi connectivity index (χ2n) is 5.37. The summed E-state index contributed by atoms with van der Waals surface area (Å²) in [6.07, 6.45) is -16.4. The van der Waals surface area contributed by atoms with Crippen molar-refractivity contribution in [1.82, 2.24) is 0 Å². The maximum atomic E-state index is 13.8. The van der Waals surface area contributed by atoms with Gasteiger partial charge in [-0.15, -0.1) is 0 Å². The number of carbonyl (C=O) groups excluding carboxylic acids is 1. The molecule has 0 aromatic carbocycles. The Bertz CT molecular complexity index is 657. The lowest BCUT2D eigenvalue weighted by molar-refractivity contribution is -0.454. The third-order valence-corrected chi connectivity index (χ3v) is 3.52. The van der Waals surface area contributed by atoms with Crippen LogP contribution in [-0.2, 0) is 9.53 Å². The van der Waals surface area contributed by atoms with Gasteiger partial charge in [0.15, 0.2) is 0 Å². The van der Waals surface area contributed by atoms with Gasteiger partial charge in [0.2, 0.25) is 0 Å². The maximum Gasteiger partial charge on any atom is 0.438 e. The first-order chi connectivity index (χ1) is 12.9. The van der Waals surface area contributed by atoms with Crippen molar-refractivity contribution < 1.29 is 75.4 Å². The topological polar surface area (TPSA) is 26.3 Å². The Balaban J connectivity index is 6.93. The van der Waals surface area contributed by atoms with E-state index < -0.39 is 65.9 Å². The Labute approximate surface area is 156 Å². The lowest BCUT2D eigenvalue weighted by Crippen LogP contribution is -2.75. The number of esters is 1. The molecule has 0 aliphatic rings. The summed E-state index contributed by atoms with van der Waals surface area (Å²) in [6, 6.07) is 0. The van der Waals surface area contributed by atoms with E-state index in [9.17, 15) is 70.7 Å². The standard InChI is InChI=1S/C13H9F15O2/c1-3-5(6(29)30-4-2)7(14,15)9(17,18)11(21,22)10(19,20)8(16,12(23,24)25)13(26,27)28/h3H,4H2,1-2H3. The van der Waals surface area contributed by atoms with E-state index in [0.717, 1.165) is 6.92 Å². The summed E-state index contributed by atoms with van der Waals surface area (Å²) in [6.45, 7) is 0.270. The Kier molecular flexibility index (Phi) is 7.22. The molecule has 2 nitrogen and oxygen atoms in total. The van der Waals surface area contributed by atoms with Crippen LogP contribution < -0.4 is 0 Å². The van der Waals surface area contributed by atoms with Crippen LogP contribution in [-0.4, -0.2) is 54.3 Å². The SMILES string of the molecule is CC=C(C(=O)OCC)C(F)(F)C(F)(F)C(F)(F)C(F)(F)C(F)(C(F)(F)F)C(F)(F)F. The van der Waals surface area contributed by atoms with E-state index in [-0.39, 0.29) is 6.92 Å². The van der Waals surface area contributed by atoms with Gasteiger partial charge in [-0.3, -0.25) is 0 Å². The Morgan fingerprint density at radius 3 is 1.33 bits per heavy atom. The van der Waals surface area contributed by atoms with Gasteiger partial charge in [-0.05, 0) is 13.8 Å². The molecule has 0 aromatic rings. The molecule has 0 atom stereocenters. The van der Waals surface area contributed by atoms with E-state index in [1.165, 1.54) is 0 Å². The molecule has 0 saturated carbocycles. The summed E-state index contributed by atoms with van der Waals surface area (Å²) in [5.41, 5.74) is -11.2. The van der Waals surface area contributed by atoms with Crippen LogP contribution in [0.5, 0.6) is 0 Å². The predicted molar refractivity (Wildman–Crippen MR) is 66.1 cm³/mol. The number of halogens is 15. The molecule has 0 heterocycles. The van der Waals surface area contributed by atoms with Crippen molar-refractivity contribution in [3.8, 4) is 0 Å². The quantitative estimate of drug-likeness (QED) is 0.258. The first-order valence-corrected chi connectivity index (χ1v) is 7.10. The van der Waals surface area contributed by atoms with Crippen molar-refractivity contribution in [2.45, 2.75) is 55.6 Å². The summed E-state index contributed by atoms with van der Waals surface area (Å²) in [5, 5.41) is 0. The first kappa shape index (κ1) is 28.2. The Hall–Kier alpha value is -1.84. The van der Waals surface area contributed by atoms with Crippen molar-refractivity contribution in [2.24, 2.45) is 0 Å². The molecule has 0 N–H and O–H groups in total. The van der Waals surface area contributed by atoms with Gasteiger partial charge in [-0.1, -0.05) is 6.08 Å². The average molecular weight is 482 g/mol. The lowest BCUT2D eigenvalue weighted by Gasteiger charge is -2.43. The highest BCUT2D eigenvalue weighted by Gasteiger charge is 2.95. The molecule has 17 heteroatoms. The molecule has 178 valence electrons. The van der Waals surface area contributed by atoms with Crippen LogP contribution in [0.15, 0.2) is 11.6 Å². The maximum absolute atomic E-state index is 13.8. The molecule has 0 fully saturated rings. The van der Waals surface area contributed by atoms with E-state index >= 15 is 0 Å². The molecule has 0 aliphatic carbocycles. The number of hydrogen-bond donors (Lipinski definition) is 0. The van der Waals surface area contributed by atoms with Crippen molar-refractivity contribution >= 4 is 5.97 Å². The minimum Gasteiger partial charge on any atom is -0.462 e. The fraction of sp³-hybridized carbons (Fsp3) is 0.769. The summed E-state index contributed by atoms with van der Waals surface area (Å²) < 4.78 is 200. The van der Waals surface area contributed by atoms with Crippen molar-refractivity contribution in [3.63, 3.8) is 0 Å². The molecular formula is C13H9F15O2. The van der Waals surface area contributed by atoms with Crippen molar-refractivity contribution in [1.29, 1.82) is 0 Å². The van der Waals surface area contributed by atoms with Gasteiger partial charge in [0.25, 0.3) is 0 Å². The number of hydrogen-bond acceptors (Lipinski definition) is 2. The molecular weight excluding hydrogens is 473 g/mol. The van der Waals surface area contributed by atoms with E-state index in [1.807, 2.05) is 0 Å². The second-order valence-corrected chi connectivity index (χ2v) is 5.37. The molecule has 30 heavy (non-hydrogen) atoms. The normalized spacial score (nSPS) is 16.0. The molecule has 0 radical (unpaired) electrons. The first-order valence-electron chi connectivity index (χ1n) is 7.10. The highest BCUT2D eigenvalue weighted by Crippen LogP contribution is 2.64. The van der Waals surface area contributed by atoms with Crippen LogP contribution in [0, 0.1) is 0 Å². The minimum atomic E-state index is -8.53. The summed E-state index contributed by atoms with van der Waals surface area (Å²) in [5.74, 6) is -34.1. The van der Waals surface area contributed by atoms with Crippen LogP contribution in [0.2, 0.25) is 0 Å². The van der Waals surface area contributed by atoms with Gasteiger partial charge < -0.3 is 4.74 Å². The largest absolute Gasteiger partial charge is 0.462 e. The lowest BCUT2D eigenvalue weighted by atomic mass is 9.84. The second kappa shape index (κ2) is 7.69. The van der Waals surface area contributed by atoms with E-state index in [2.05, 4.69) is 4.74 Å². The van der Waals surface area contributed by atoms with Crippen LogP contribution in [0.4, 0.5) is 65.9 Å². The van der Waals surface area contributed by atoms with Gasteiger partial charge in [-0.25, -0.2) is 9.18 Å². The van der Waals surface area contributed by atoms with Crippen LogP contribution in [0.1, 0.15) is 13.8 Å². The monoisotopic (exact) mass is 482 g/mol. The number of rotatable bonds is 7. The molecule has 0 bridgehead atoms. The van der Waals surface area contributed by atoms with Crippen LogP contribution >= 0.6 is 0 Å². The number of carbonyl (C=O) groups is 1. The molecule has 0 amide bonds. The summed E-state index contributed by atoms with van der Waals surface area (Å²) in [7, 11) is 0. The fourth-order valence-corrected chi connectivity index (χ4v) is 1.93. The van der Waals surface area contributed by atoms with Gasteiger partial charge in [0, 0.05) is 0 Å². The Morgan fingerprint density at radius 1 is 0.700 bits per heavy atom. The molecule has 0 rings (SSSR count). The highest BCUT2D eigenvalue weighted by atomic mass is 19.4. The zero-order chi connectivity index (χ0) is 24.8. The fourth-order valence-electron chi connectivity index (χ4n) is 1.93. The molecule has 0 unspecified atom stereocenters. The van der Waals surface area contributed by atoms with Crippen LogP contribution in [0.25, 0.3) is 0 Å². The van der Waals surface area contributed by atoms with Gasteiger partial charge >= 0.3 is 47.7 Å². The van der Waals surface area contributed by atoms with Crippen molar-refractivity contribution in [2.75, 3.05) is 6.61 Å². The average Bonchev–Trinajstić information content (AvgIpc) is 2.51. The Morgan fingerprint density at radius 2 is 1.07 bits per heavy atom.